The van der Waals surface area contributed by atoms with Crippen molar-refractivity contribution in [2.75, 3.05) is 0 Å². The summed E-state index contributed by atoms with van der Waals surface area (Å²) in [5.41, 5.74) is -0.615. The van der Waals surface area contributed by atoms with Crippen LogP contribution in [0.4, 0.5) is 0 Å². The molecule has 6 heteroatoms. The molecule has 132 valence electrons. The lowest BCUT2D eigenvalue weighted by atomic mass is 9.90. The molecule has 1 aromatic carbocycles. The highest BCUT2D eigenvalue weighted by Crippen LogP contribution is 2.27. The predicted molar refractivity (Wildman–Crippen MR) is 94.4 cm³/mol. The summed E-state index contributed by atoms with van der Waals surface area (Å²) >= 11 is 0. The molecule has 6 nitrogen and oxygen atoms in total. The fraction of sp³-hybridized carbons (Fsp3) is 0.421. The molecule has 1 aromatic heterocycles. The molecule has 0 saturated heterocycles. The first-order valence-electron chi connectivity index (χ1n) is 8.64. The van der Waals surface area contributed by atoms with Gasteiger partial charge in [-0.2, -0.15) is 0 Å². The fourth-order valence-electron chi connectivity index (χ4n) is 3.58. The number of carboxylic acids is 1. The average molecular weight is 342 g/mol. The van der Waals surface area contributed by atoms with Gasteiger partial charge in [0.2, 0.25) is 5.91 Å². The maximum atomic E-state index is 12.6. The molecule has 1 saturated carbocycles. The summed E-state index contributed by atoms with van der Waals surface area (Å²) in [6, 6.07) is 8.51. The standard InChI is InChI=1S/C19H22N2O4/c22-16-9-12-21(15-8-4-3-7-14(15)16)13-17(23)20-19(18(24)25)10-5-1-2-6-11-19/h3-4,7-9,12H,1-2,5-6,10-11,13H2,(H,20,23)(H,24,25). The van der Waals surface area contributed by atoms with Crippen LogP contribution in [0.5, 0.6) is 0 Å². The highest BCUT2D eigenvalue weighted by molar-refractivity contribution is 5.88. The van der Waals surface area contributed by atoms with Crippen molar-refractivity contribution in [2.45, 2.75) is 50.6 Å². The molecule has 25 heavy (non-hydrogen) atoms. The van der Waals surface area contributed by atoms with Crippen LogP contribution in [0.1, 0.15) is 38.5 Å². The summed E-state index contributed by atoms with van der Waals surface area (Å²) < 4.78 is 1.68. The Labute approximate surface area is 145 Å². The van der Waals surface area contributed by atoms with Crippen molar-refractivity contribution in [3.63, 3.8) is 0 Å². The molecule has 0 atom stereocenters. The Kier molecular flexibility index (Phi) is 4.88. The Morgan fingerprint density at radius 3 is 2.44 bits per heavy atom. The molecule has 0 unspecified atom stereocenters. The third-order valence-corrected chi connectivity index (χ3v) is 4.94. The minimum absolute atomic E-state index is 0.0180. The molecule has 3 rings (SSSR count). The minimum atomic E-state index is -1.18. The van der Waals surface area contributed by atoms with E-state index in [1.165, 1.54) is 6.07 Å². The number of carbonyl (C=O) groups is 2. The third kappa shape index (κ3) is 3.57. The van der Waals surface area contributed by atoms with Gasteiger partial charge in [0.15, 0.2) is 5.43 Å². The van der Waals surface area contributed by atoms with Crippen LogP contribution in [0.25, 0.3) is 10.9 Å². The number of hydrogen-bond donors (Lipinski definition) is 2. The zero-order chi connectivity index (χ0) is 17.9. The van der Waals surface area contributed by atoms with Crippen molar-refractivity contribution in [3.05, 3.63) is 46.8 Å². The van der Waals surface area contributed by atoms with Crippen LogP contribution in [0, 0.1) is 0 Å². The number of carboxylic acid groups (broad SMARTS) is 1. The van der Waals surface area contributed by atoms with Gasteiger partial charge in [-0.1, -0.05) is 37.8 Å². The van der Waals surface area contributed by atoms with Gasteiger partial charge in [0.1, 0.15) is 12.1 Å². The van der Waals surface area contributed by atoms with E-state index in [0.717, 1.165) is 25.7 Å². The van der Waals surface area contributed by atoms with Gasteiger partial charge < -0.3 is 15.0 Å². The largest absolute Gasteiger partial charge is 0.480 e. The minimum Gasteiger partial charge on any atom is -0.480 e. The van der Waals surface area contributed by atoms with Gasteiger partial charge in [-0.05, 0) is 25.0 Å². The van der Waals surface area contributed by atoms with E-state index < -0.39 is 11.5 Å². The first-order chi connectivity index (χ1) is 12.0. The molecule has 0 bridgehead atoms. The molecule has 0 aliphatic heterocycles. The average Bonchev–Trinajstić information content (AvgIpc) is 2.84. The number of benzene rings is 1. The van der Waals surface area contributed by atoms with Gasteiger partial charge in [0.25, 0.3) is 0 Å². The molecule has 1 heterocycles. The molecular weight excluding hydrogens is 320 g/mol. The molecular formula is C19H22N2O4. The van der Waals surface area contributed by atoms with Gasteiger partial charge in [0.05, 0.1) is 5.52 Å². The number of pyridine rings is 1. The Balaban J connectivity index is 1.84. The van der Waals surface area contributed by atoms with Crippen molar-refractivity contribution in [1.29, 1.82) is 0 Å². The fourth-order valence-corrected chi connectivity index (χ4v) is 3.58. The van der Waals surface area contributed by atoms with Gasteiger partial charge >= 0.3 is 5.97 Å². The van der Waals surface area contributed by atoms with E-state index in [1.54, 1.807) is 35.0 Å². The number of hydrogen-bond acceptors (Lipinski definition) is 3. The van der Waals surface area contributed by atoms with Crippen molar-refractivity contribution in [2.24, 2.45) is 0 Å². The van der Waals surface area contributed by atoms with Crippen LogP contribution in [0.2, 0.25) is 0 Å². The maximum Gasteiger partial charge on any atom is 0.329 e. The number of fused-ring (bicyclic) bond motifs is 1. The number of aromatic nitrogens is 1. The van der Waals surface area contributed by atoms with E-state index in [0.29, 0.717) is 23.7 Å². The Morgan fingerprint density at radius 2 is 1.76 bits per heavy atom. The number of carbonyl (C=O) groups excluding carboxylic acids is 1. The van der Waals surface area contributed by atoms with Gasteiger partial charge in [-0.3, -0.25) is 9.59 Å². The normalized spacial score (nSPS) is 17.0. The zero-order valence-corrected chi connectivity index (χ0v) is 14.0. The van der Waals surface area contributed by atoms with Gasteiger partial charge in [-0.15, -0.1) is 0 Å². The van der Waals surface area contributed by atoms with Crippen molar-refractivity contribution in [1.82, 2.24) is 9.88 Å². The number of para-hydroxylation sites is 1. The molecule has 1 fully saturated rings. The highest BCUT2D eigenvalue weighted by Gasteiger charge is 2.39. The van der Waals surface area contributed by atoms with Crippen LogP contribution >= 0.6 is 0 Å². The van der Waals surface area contributed by atoms with Crippen molar-refractivity contribution in [3.8, 4) is 0 Å². The van der Waals surface area contributed by atoms with Crippen LogP contribution in [-0.2, 0) is 16.1 Å². The van der Waals surface area contributed by atoms with Crippen LogP contribution < -0.4 is 10.7 Å². The quantitative estimate of drug-likeness (QED) is 0.835. The summed E-state index contributed by atoms with van der Waals surface area (Å²) in [5, 5.41) is 13.0. The van der Waals surface area contributed by atoms with Crippen LogP contribution in [-0.4, -0.2) is 27.1 Å². The first kappa shape index (κ1) is 17.2. The molecule has 1 amide bonds. The lowest BCUT2D eigenvalue weighted by Crippen LogP contribution is -2.55. The predicted octanol–water partition coefficient (Wildman–Crippen LogP) is 2.30. The van der Waals surface area contributed by atoms with Crippen LogP contribution in [0.15, 0.2) is 41.3 Å². The molecule has 1 aliphatic rings. The second-order valence-electron chi connectivity index (χ2n) is 6.67. The Morgan fingerprint density at radius 1 is 1.08 bits per heavy atom. The number of rotatable bonds is 4. The Hall–Kier alpha value is -2.63. The number of aliphatic carboxylic acids is 1. The van der Waals surface area contributed by atoms with Crippen molar-refractivity contribution >= 4 is 22.8 Å². The van der Waals surface area contributed by atoms with E-state index in [-0.39, 0.29) is 17.9 Å². The summed E-state index contributed by atoms with van der Waals surface area (Å²) in [4.78, 5) is 36.3. The SMILES string of the molecule is O=C(Cn1ccc(=O)c2ccccc21)NC1(C(=O)O)CCCCCC1. The number of amides is 1. The number of nitrogens with zero attached hydrogens (tertiary/aromatic N) is 1. The molecule has 2 aromatic rings. The Bertz CT molecular complexity index is 848. The molecule has 1 aliphatic carbocycles. The molecule has 0 radical (unpaired) electrons. The number of nitrogens with one attached hydrogen (secondary N) is 1. The summed E-state index contributed by atoms with van der Waals surface area (Å²) in [5.74, 6) is -1.31. The molecule has 2 N–H and O–H groups in total. The summed E-state index contributed by atoms with van der Waals surface area (Å²) in [6.07, 6.45) is 6.08. The summed E-state index contributed by atoms with van der Waals surface area (Å²) in [6.45, 7) is -0.0180. The lowest BCUT2D eigenvalue weighted by Gasteiger charge is -2.29. The van der Waals surface area contributed by atoms with Crippen molar-refractivity contribution < 1.29 is 14.7 Å². The van der Waals surface area contributed by atoms with E-state index in [1.807, 2.05) is 0 Å². The highest BCUT2D eigenvalue weighted by atomic mass is 16.4. The smallest absolute Gasteiger partial charge is 0.329 e. The third-order valence-electron chi connectivity index (χ3n) is 4.94. The van der Waals surface area contributed by atoms with Crippen LogP contribution in [0.3, 0.4) is 0 Å². The van der Waals surface area contributed by atoms with Gasteiger partial charge in [-0.25, -0.2) is 4.79 Å². The van der Waals surface area contributed by atoms with E-state index in [9.17, 15) is 19.5 Å². The lowest BCUT2D eigenvalue weighted by molar-refractivity contribution is -0.148. The maximum absolute atomic E-state index is 12.6. The van der Waals surface area contributed by atoms with Gasteiger partial charge in [0, 0.05) is 17.6 Å². The van der Waals surface area contributed by atoms with E-state index in [4.69, 9.17) is 0 Å². The second kappa shape index (κ2) is 7.09. The van der Waals surface area contributed by atoms with E-state index in [2.05, 4.69) is 5.32 Å². The van der Waals surface area contributed by atoms with E-state index >= 15 is 0 Å². The first-order valence-corrected chi connectivity index (χ1v) is 8.64. The monoisotopic (exact) mass is 342 g/mol. The second-order valence-corrected chi connectivity index (χ2v) is 6.67. The zero-order valence-electron chi connectivity index (χ0n) is 14.0. The summed E-state index contributed by atoms with van der Waals surface area (Å²) in [7, 11) is 0. The topological polar surface area (TPSA) is 88.4 Å². The molecule has 0 spiro atoms.